The number of aromatic nitrogens is 1. The van der Waals surface area contributed by atoms with Crippen molar-refractivity contribution in [3.05, 3.63) is 59.8 Å². The number of H-pyrrole nitrogens is 1. The Morgan fingerprint density at radius 2 is 2.00 bits per heavy atom. The molecule has 2 aromatic carbocycles. The Hall–Kier alpha value is -3.07. The van der Waals surface area contributed by atoms with Gasteiger partial charge in [-0.3, -0.25) is 4.79 Å². The summed E-state index contributed by atoms with van der Waals surface area (Å²) < 4.78 is 60.0. The third-order valence-electron chi connectivity index (χ3n) is 4.42. The zero-order valence-electron chi connectivity index (χ0n) is 16.1. The minimum absolute atomic E-state index is 0.106. The molecule has 2 N–H and O–H groups in total. The Morgan fingerprint density at radius 3 is 2.73 bits per heavy atom. The number of carbonyl (C=O) groups excluding carboxylic acids is 1. The van der Waals surface area contributed by atoms with Gasteiger partial charge in [-0.15, -0.1) is 0 Å². The van der Waals surface area contributed by atoms with Crippen molar-refractivity contribution in [3.63, 3.8) is 0 Å². The number of carbonyl (C=O) groups is 1. The molecule has 0 bridgehead atoms. The van der Waals surface area contributed by atoms with E-state index in [2.05, 4.69) is 10.3 Å². The number of benzene rings is 2. The van der Waals surface area contributed by atoms with Crippen LogP contribution in [-0.2, 0) is 22.6 Å². The van der Waals surface area contributed by atoms with Gasteiger partial charge in [0.15, 0.2) is 0 Å². The predicted octanol–water partition coefficient (Wildman–Crippen LogP) is 4.77. The summed E-state index contributed by atoms with van der Waals surface area (Å²) in [5.41, 5.74) is 2.57. The fraction of sp³-hybridized carbons (Fsp3) is 0.286. The maximum Gasteiger partial charge on any atom is 0.330 e. The normalized spacial score (nSPS) is 11.8. The summed E-state index contributed by atoms with van der Waals surface area (Å²) in [6.45, 7) is -1.67. The second-order valence-electron chi connectivity index (χ2n) is 6.71. The van der Waals surface area contributed by atoms with Crippen molar-refractivity contribution in [1.29, 1.82) is 0 Å². The number of aromatic amines is 1. The van der Waals surface area contributed by atoms with E-state index in [1.165, 1.54) is 6.07 Å². The first kappa shape index (κ1) is 21.6. The molecule has 0 unspecified atom stereocenters. The molecule has 3 aromatic rings. The van der Waals surface area contributed by atoms with Gasteiger partial charge in [0.25, 0.3) is 0 Å². The molecule has 0 radical (unpaired) electrons. The number of hydrogen-bond donors (Lipinski definition) is 2. The van der Waals surface area contributed by atoms with Gasteiger partial charge in [0.05, 0.1) is 20.1 Å². The highest BCUT2D eigenvalue weighted by molar-refractivity contribution is 5.96. The first-order valence-corrected chi connectivity index (χ1v) is 9.05. The number of fused-ring (bicyclic) bond motifs is 1. The Kier molecular flexibility index (Phi) is 6.61. The van der Waals surface area contributed by atoms with Crippen LogP contribution in [0.3, 0.4) is 0 Å². The molecule has 0 fully saturated rings. The van der Waals surface area contributed by atoms with Crippen LogP contribution in [0.4, 0.5) is 23.2 Å². The van der Waals surface area contributed by atoms with Crippen LogP contribution in [0.15, 0.2) is 48.7 Å². The van der Waals surface area contributed by atoms with Crippen molar-refractivity contribution < 1.29 is 31.8 Å². The van der Waals surface area contributed by atoms with Crippen molar-refractivity contribution in [2.75, 3.05) is 19.0 Å². The van der Waals surface area contributed by atoms with E-state index in [9.17, 15) is 22.4 Å². The highest BCUT2D eigenvalue weighted by Gasteiger charge is 2.40. The largest absolute Gasteiger partial charge is 0.497 e. The number of hydrogen-bond acceptors (Lipinski definition) is 3. The highest BCUT2D eigenvalue weighted by atomic mass is 19.3. The minimum atomic E-state index is -4.20. The van der Waals surface area contributed by atoms with Crippen molar-refractivity contribution in [3.8, 4) is 5.75 Å². The van der Waals surface area contributed by atoms with Crippen LogP contribution >= 0.6 is 0 Å². The number of ether oxygens (including phenoxy) is 2. The van der Waals surface area contributed by atoms with E-state index in [0.717, 1.165) is 16.5 Å². The van der Waals surface area contributed by atoms with E-state index in [0.29, 0.717) is 17.0 Å². The van der Waals surface area contributed by atoms with Crippen molar-refractivity contribution in [2.24, 2.45) is 0 Å². The van der Waals surface area contributed by atoms with Gasteiger partial charge in [-0.05, 0) is 41.5 Å². The van der Waals surface area contributed by atoms with Crippen molar-refractivity contribution in [2.45, 2.75) is 25.4 Å². The third-order valence-corrected chi connectivity index (χ3v) is 4.42. The van der Waals surface area contributed by atoms with Gasteiger partial charge in [0.1, 0.15) is 12.4 Å². The van der Waals surface area contributed by atoms with Crippen LogP contribution in [0.1, 0.15) is 11.1 Å². The molecule has 0 aliphatic carbocycles. The molecule has 9 heteroatoms. The second kappa shape index (κ2) is 9.17. The van der Waals surface area contributed by atoms with Crippen LogP contribution < -0.4 is 10.1 Å². The Labute approximate surface area is 170 Å². The Balaban J connectivity index is 1.60. The first-order valence-electron chi connectivity index (χ1n) is 9.05. The lowest BCUT2D eigenvalue weighted by molar-refractivity contribution is -0.168. The number of methoxy groups -OCH3 is 1. The molecule has 1 amide bonds. The molecular weight excluding hydrogens is 404 g/mol. The summed E-state index contributed by atoms with van der Waals surface area (Å²) >= 11 is 0. The average Bonchev–Trinajstić information content (AvgIpc) is 3.09. The number of amides is 1. The summed E-state index contributed by atoms with van der Waals surface area (Å²) in [6, 6.07) is 11.9. The molecule has 1 aromatic heterocycles. The molecule has 1 heterocycles. The molecule has 0 saturated carbocycles. The first-order chi connectivity index (χ1) is 14.3. The molecule has 3 rings (SSSR count). The second-order valence-corrected chi connectivity index (χ2v) is 6.71. The molecule has 0 spiro atoms. The van der Waals surface area contributed by atoms with Gasteiger partial charge in [-0.2, -0.15) is 8.78 Å². The van der Waals surface area contributed by atoms with Crippen molar-refractivity contribution >= 4 is 22.5 Å². The summed E-state index contributed by atoms with van der Waals surface area (Å²) in [6.07, 6.45) is -1.93. The number of halogens is 4. The standard InChI is InChI=1S/C21H20F4N2O3/c1-29-16-5-6-18-17(9-16)14(10-26-18)8-19(28)27-15-4-2-3-13(7-15)11-30-12-21(24,25)20(22)23/h2-7,9-10,20,26H,8,11-12H2,1H3,(H,27,28). The van der Waals surface area contributed by atoms with Crippen molar-refractivity contribution in [1.82, 2.24) is 4.98 Å². The fourth-order valence-electron chi connectivity index (χ4n) is 2.92. The van der Waals surface area contributed by atoms with E-state index in [1.807, 2.05) is 18.2 Å². The summed E-state index contributed by atoms with van der Waals surface area (Å²) in [5, 5.41) is 3.60. The lowest BCUT2D eigenvalue weighted by atomic mass is 10.1. The molecule has 0 aliphatic rings. The molecule has 5 nitrogen and oxygen atoms in total. The van der Waals surface area contributed by atoms with Gasteiger partial charge in [-0.25, -0.2) is 8.78 Å². The van der Waals surface area contributed by atoms with Gasteiger partial charge in [0, 0.05) is 22.8 Å². The van der Waals surface area contributed by atoms with Crippen LogP contribution in [0.25, 0.3) is 10.9 Å². The zero-order valence-corrected chi connectivity index (χ0v) is 16.1. The monoisotopic (exact) mass is 424 g/mol. The molecule has 160 valence electrons. The topological polar surface area (TPSA) is 63.4 Å². The minimum Gasteiger partial charge on any atom is -0.497 e. The quantitative estimate of drug-likeness (QED) is 0.486. The highest BCUT2D eigenvalue weighted by Crippen LogP contribution is 2.25. The van der Waals surface area contributed by atoms with Gasteiger partial charge in [0.2, 0.25) is 5.91 Å². The maximum atomic E-state index is 12.9. The lowest BCUT2D eigenvalue weighted by Crippen LogP contribution is -2.32. The third kappa shape index (κ3) is 5.29. The van der Waals surface area contributed by atoms with Gasteiger partial charge >= 0.3 is 12.3 Å². The van der Waals surface area contributed by atoms with E-state index in [-0.39, 0.29) is 18.9 Å². The number of anilines is 1. The molecule has 30 heavy (non-hydrogen) atoms. The van der Waals surface area contributed by atoms with Crippen LogP contribution in [0, 0.1) is 0 Å². The summed E-state index contributed by atoms with van der Waals surface area (Å²) in [7, 11) is 1.56. The number of alkyl halides is 4. The number of nitrogens with one attached hydrogen (secondary N) is 2. The average molecular weight is 424 g/mol. The van der Waals surface area contributed by atoms with E-state index < -0.39 is 19.0 Å². The molecule has 0 aliphatic heterocycles. The maximum absolute atomic E-state index is 12.9. The molecule has 0 atom stereocenters. The SMILES string of the molecule is COc1ccc2[nH]cc(CC(=O)Nc3cccc(COCC(F)(F)C(F)F)c3)c2c1. The van der Waals surface area contributed by atoms with Crippen LogP contribution in [0.5, 0.6) is 5.75 Å². The smallest absolute Gasteiger partial charge is 0.330 e. The Bertz CT molecular complexity index is 1020. The van der Waals surface area contributed by atoms with E-state index in [1.54, 1.807) is 31.5 Å². The Morgan fingerprint density at radius 1 is 1.20 bits per heavy atom. The van der Waals surface area contributed by atoms with Gasteiger partial charge in [-0.1, -0.05) is 12.1 Å². The molecular formula is C21H20F4N2O3. The number of rotatable bonds is 9. The van der Waals surface area contributed by atoms with E-state index >= 15 is 0 Å². The van der Waals surface area contributed by atoms with Gasteiger partial charge < -0.3 is 19.8 Å². The van der Waals surface area contributed by atoms with E-state index in [4.69, 9.17) is 9.47 Å². The summed E-state index contributed by atoms with van der Waals surface area (Å²) in [4.78, 5) is 15.5. The fourth-order valence-corrected chi connectivity index (χ4v) is 2.92. The van der Waals surface area contributed by atoms with Crippen LogP contribution in [-0.4, -0.2) is 37.0 Å². The predicted molar refractivity (Wildman–Crippen MR) is 104 cm³/mol. The zero-order chi connectivity index (χ0) is 21.7. The lowest BCUT2D eigenvalue weighted by Gasteiger charge is -2.15. The summed E-state index contributed by atoms with van der Waals surface area (Å²) in [5.74, 6) is -3.80. The molecule has 0 saturated heterocycles. The van der Waals surface area contributed by atoms with Crippen LogP contribution in [0.2, 0.25) is 0 Å².